The van der Waals surface area contributed by atoms with Crippen molar-refractivity contribution in [2.24, 2.45) is 17.8 Å². The van der Waals surface area contributed by atoms with Crippen molar-refractivity contribution in [3.05, 3.63) is 30.1 Å². The molecular weight excluding hydrogens is 279 g/mol. The van der Waals surface area contributed by atoms with Crippen molar-refractivity contribution < 1.29 is 9.18 Å². The molecule has 22 heavy (non-hydrogen) atoms. The maximum atomic E-state index is 13.9. The highest BCUT2D eigenvalue weighted by molar-refractivity contribution is 5.80. The van der Waals surface area contributed by atoms with Crippen molar-refractivity contribution in [3.63, 3.8) is 0 Å². The van der Waals surface area contributed by atoms with Crippen LogP contribution >= 0.6 is 0 Å². The number of carbonyl (C=O) groups excluding carboxylic acids is 1. The minimum atomic E-state index is -0.171. The van der Waals surface area contributed by atoms with Gasteiger partial charge < -0.3 is 9.80 Å². The summed E-state index contributed by atoms with van der Waals surface area (Å²) in [5, 5.41) is 0. The van der Waals surface area contributed by atoms with Crippen molar-refractivity contribution in [3.8, 4) is 0 Å². The van der Waals surface area contributed by atoms with Crippen LogP contribution in [0.4, 0.5) is 10.1 Å². The van der Waals surface area contributed by atoms with Crippen LogP contribution in [0.25, 0.3) is 0 Å². The topological polar surface area (TPSA) is 23.6 Å². The monoisotopic (exact) mass is 302 g/mol. The Balaban J connectivity index is 1.38. The van der Waals surface area contributed by atoms with Gasteiger partial charge >= 0.3 is 0 Å². The highest BCUT2D eigenvalue weighted by atomic mass is 19.1. The van der Waals surface area contributed by atoms with Gasteiger partial charge in [0.25, 0.3) is 0 Å². The molecule has 0 aromatic heterocycles. The highest BCUT2D eigenvalue weighted by Crippen LogP contribution is 2.48. The summed E-state index contributed by atoms with van der Waals surface area (Å²) < 4.78 is 13.9. The second kappa shape index (κ2) is 5.56. The average Bonchev–Trinajstić information content (AvgIpc) is 3.18. The van der Waals surface area contributed by atoms with E-state index in [2.05, 4.69) is 4.90 Å². The lowest BCUT2D eigenvalue weighted by Gasteiger charge is -2.38. The number of fused-ring (bicyclic) bond motifs is 2. The number of para-hydroxylation sites is 1. The first kappa shape index (κ1) is 14.0. The molecule has 1 heterocycles. The molecule has 0 radical (unpaired) electrons. The first-order valence-electron chi connectivity index (χ1n) is 8.50. The summed E-state index contributed by atoms with van der Waals surface area (Å²) in [7, 11) is 0. The van der Waals surface area contributed by atoms with Crippen molar-refractivity contribution in [2.75, 3.05) is 31.1 Å². The summed E-state index contributed by atoms with van der Waals surface area (Å²) in [5.74, 6) is 1.91. The number of hydrogen-bond acceptors (Lipinski definition) is 2. The van der Waals surface area contributed by atoms with Crippen LogP contribution in [-0.2, 0) is 4.79 Å². The van der Waals surface area contributed by atoms with Crippen LogP contribution in [0, 0.1) is 23.6 Å². The first-order valence-corrected chi connectivity index (χ1v) is 8.50. The first-order chi connectivity index (χ1) is 10.7. The van der Waals surface area contributed by atoms with E-state index in [1.54, 1.807) is 6.07 Å². The van der Waals surface area contributed by atoms with Gasteiger partial charge in [-0.15, -0.1) is 0 Å². The third-order valence-corrected chi connectivity index (χ3v) is 5.84. The maximum Gasteiger partial charge on any atom is 0.226 e. The van der Waals surface area contributed by atoms with E-state index in [4.69, 9.17) is 0 Å². The largest absolute Gasteiger partial charge is 0.366 e. The smallest absolute Gasteiger partial charge is 0.226 e. The van der Waals surface area contributed by atoms with Crippen molar-refractivity contribution in [1.29, 1.82) is 0 Å². The van der Waals surface area contributed by atoms with E-state index < -0.39 is 0 Å². The molecule has 0 spiro atoms. The molecule has 2 bridgehead atoms. The zero-order valence-corrected chi connectivity index (χ0v) is 12.9. The summed E-state index contributed by atoms with van der Waals surface area (Å²) in [4.78, 5) is 16.8. The molecule has 4 heteroatoms. The Labute approximate surface area is 131 Å². The highest BCUT2D eigenvalue weighted by Gasteiger charge is 2.44. The Morgan fingerprint density at radius 3 is 2.45 bits per heavy atom. The third kappa shape index (κ3) is 2.38. The van der Waals surface area contributed by atoms with E-state index >= 15 is 0 Å². The molecule has 1 amide bonds. The van der Waals surface area contributed by atoms with Crippen LogP contribution in [-0.4, -0.2) is 37.0 Å². The van der Waals surface area contributed by atoms with Gasteiger partial charge in [-0.3, -0.25) is 4.79 Å². The molecule has 1 aliphatic heterocycles. The Morgan fingerprint density at radius 1 is 1.05 bits per heavy atom. The van der Waals surface area contributed by atoms with Crippen LogP contribution in [0.1, 0.15) is 25.7 Å². The fourth-order valence-corrected chi connectivity index (χ4v) is 4.66. The van der Waals surface area contributed by atoms with Gasteiger partial charge in [0.1, 0.15) is 5.82 Å². The molecular formula is C18H23FN2O. The molecule has 3 atom stereocenters. The van der Waals surface area contributed by atoms with Crippen LogP contribution < -0.4 is 4.90 Å². The van der Waals surface area contributed by atoms with Gasteiger partial charge in [0.05, 0.1) is 5.69 Å². The summed E-state index contributed by atoms with van der Waals surface area (Å²) >= 11 is 0. The van der Waals surface area contributed by atoms with Gasteiger partial charge in [-0.25, -0.2) is 4.39 Å². The molecule has 3 nitrogen and oxygen atoms in total. The normalized spacial score (nSPS) is 30.9. The number of piperazine rings is 1. The average molecular weight is 302 g/mol. The lowest BCUT2D eigenvalue weighted by molar-refractivity contribution is -0.137. The van der Waals surface area contributed by atoms with Gasteiger partial charge in [0, 0.05) is 32.1 Å². The molecule has 3 fully saturated rings. The predicted octanol–water partition coefficient (Wildman–Crippen LogP) is 2.91. The minimum absolute atomic E-state index is 0.171. The molecule has 3 aliphatic rings. The molecule has 1 aromatic rings. The Bertz CT molecular complexity index is 568. The summed E-state index contributed by atoms with van der Waals surface area (Å²) in [5.41, 5.74) is 0.662. The standard InChI is InChI=1S/C18H23FN2O/c19-16-3-1-2-4-17(16)20-7-9-21(10-8-20)18(22)15-12-13-5-6-14(15)11-13/h1-4,13-15H,5-12H2. The predicted molar refractivity (Wildman–Crippen MR) is 84.1 cm³/mol. The minimum Gasteiger partial charge on any atom is -0.366 e. The van der Waals surface area contributed by atoms with Crippen LogP contribution in [0.15, 0.2) is 24.3 Å². The fraction of sp³-hybridized carbons (Fsp3) is 0.611. The van der Waals surface area contributed by atoms with E-state index in [9.17, 15) is 9.18 Å². The fourth-order valence-electron chi connectivity index (χ4n) is 4.66. The van der Waals surface area contributed by atoms with E-state index in [0.717, 1.165) is 38.5 Å². The Hall–Kier alpha value is -1.58. The summed E-state index contributed by atoms with van der Waals surface area (Å²) in [6, 6.07) is 6.91. The lowest BCUT2D eigenvalue weighted by Crippen LogP contribution is -2.51. The Kier molecular flexibility index (Phi) is 3.55. The number of halogens is 1. The van der Waals surface area contributed by atoms with E-state index in [-0.39, 0.29) is 11.7 Å². The number of rotatable bonds is 2. The molecule has 2 aliphatic carbocycles. The zero-order valence-electron chi connectivity index (χ0n) is 12.9. The number of nitrogens with zero attached hydrogens (tertiary/aromatic N) is 2. The van der Waals surface area contributed by atoms with Crippen LogP contribution in [0.2, 0.25) is 0 Å². The number of anilines is 1. The summed E-state index contributed by atoms with van der Waals surface area (Å²) in [6.07, 6.45) is 4.95. The second-order valence-corrected chi connectivity index (χ2v) is 7.05. The number of carbonyl (C=O) groups is 1. The Morgan fingerprint density at radius 2 is 1.82 bits per heavy atom. The van der Waals surface area contributed by atoms with Gasteiger partial charge in [0.15, 0.2) is 0 Å². The van der Waals surface area contributed by atoms with Gasteiger partial charge in [-0.2, -0.15) is 0 Å². The second-order valence-electron chi connectivity index (χ2n) is 7.05. The summed E-state index contributed by atoms with van der Waals surface area (Å²) in [6.45, 7) is 2.91. The molecule has 3 unspecified atom stereocenters. The molecule has 118 valence electrons. The van der Waals surface area contributed by atoms with Crippen molar-refractivity contribution in [2.45, 2.75) is 25.7 Å². The quantitative estimate of drug-likeness (QED) is 0.838. The van der Waals surface area contributed by atoms with Gasteiger partial charge in [-0.1, -0.05) is 18.6 Å². The lowest BCUT2D eigenvalue weighted by atomic mass is 9.87. The SMILES string of the molecule is O=C(C1CC2CCC1C2)N1CCN(c2ccccc2F)CC1. The molecule has 1 aromatic carbocycles. The van der Waals surface area contributed by atoms with Crippen LogP contribution in [0.5, 0.6) is 0 Å². The van der Waals surface area contributed by atoms with Crippen molar-refractivity contribution >= 4 is 11.6 Å². The zero-order chi connectivity index (χ0) is 15.1. The number of benzene rings is 1. The number of amides is 1. The van der Waals surface area contributed by atoms with Crippen molar-refractivity contribution in [1.82, 2.24) is 4.90 Å². The molecule has 4 rings (SSSR count). The van der Waals surface area contributed by atoms with Gasteiger partial charge in [0.2, 0.25) is 5.91 Å². The number of hydrogen-bond donors (Lipinski definition) is 0. The van der Waals surface area contributed by atoms with E-state index in [1.165, 1.54) is 25.3 Å². The molecule has 1 saturated heterocycles. The van der Waals surface area contributed by atoms with Crippen LogP contribution in [0.3, 0.4) is 0 Å². The molecule has 2 saturated carbocycles. The van der Waals surface area contributed by atoms with Gasteiger partial charge in [-0.05, 0) is 43.2 Å². The van der Waals surface area contributed by atoms with E-state index in [1.807, 2.05) is 17.0 Å². The molecule has 0 N–H and O–H groups in total. The van der Waals surface area contributed by atoms with E-state index in [0.29, 0.717) is 17.5 Å². The third-order valence-electron chi connectivity index (χ3n) is 5.84. The maximum absolute atomic E-state index is 13.9.